The molecule has 128 valence electrons. The number of carbonyl (C=O) groups excluding carboxylic acids is 1. The van der Waals surface area contributed by atoms with Crippen LogP contribution in [-0.4, -0.2) is 49.7 Å². The van der Waals surface area contributed by atoms with E-state index in [0.29, 0.717) is 18.5 Å². The number of nitrogens with one attached hydrogen (secondary N) is 1. The number of nitrogens with zero attached hydrogens (tertiary/aromatic N) is 1. The highest BCUT2D eigenvalue weighted by Crippen LogP contribution is 2.19. The molecule has 2 rings (SSSR count). The summed E-state index contributed by atoms with van der Waals surface area (Å²) in [5, 5.41) is 3.14. The maximum Gasteiger partial charge on any atom is 0.251 e. The summed E-state index contributed by atoms with van der Waals surface area (Å²) in [6.07, 6.45) is 2.28. The minimum Gasteiger partial charge on any atom is -0.379 e. The van der Waals surface area contributed by atoms with E-state index in [9.17, 15) is 4.79 Å². The van der Waals surface area contributed by atoms with Crippen LogP contribution in [0.1, 0.15) is 42.6 Å². The Labute approximate surface area is 140 Å². The molecule has 0 saturated carbocycles. The van der Waals surface area contributed by atoms with Gasteiger partial charge in [-0.2, -0.15) is 0 Å². The molecule has 1 atom stereocenters. The van der Waals surface area contributed by atoms with Crippen LogP contribution in [0.2, 0.25) is 0 Å². The predicted octanol–water partition coefficient (Wildman–Crippen LogP) is 2.86. The van der Waals surface area contributed by atoms with E-state index in [1.165, 1.54) is 5.56 Å². The Kier molecular flexibility index (Phi) is 7.06. The average molecular weight is 318 g/mol. The Morgan fingerprint density at radius 1 is 1.17 bits per heavy atom. The molecule has 23 heavy (non-hydrogen) atoms. The Morgan fingerprint density at radius 2 is 1.78 bits per heavy atom. The standard InChI is InChI=1S/C19H30N2O2/c1-4-16(5-2)18(21-10-12-23-13-11-21)14-20-19(22)17-8-6-15(3)7-9-17/h6-9,16,18H,4-5,10-14H2,1-3H3,(H,20,22). The third-order valence-corrected chi connectivity index (χ3v) is 4.89. The predicted molar refractivity (Wildman–Crippen MR) is 93.8 cm³/mol. The zero-order chi connectivity index (χ0) is 16.7. The second-order valence-electron chi connectivity index (χ2n) is 6.37. The van der Waals surface area contributed by atoms with Gasteiger partial charge >= 0.3 is 0 Å². The van der Waals surface area contributed by atoms with Crippen molar-refractivity contribution in [2.24, 2.45) is 5.92 Å². The molecule has 1 aromatic carbocycles. The summed E-state index contributed by atoms with van der Waals surface area (Å²) in [5.74, 6) is 0.626. The number of benzene rings is 1. The Hall–Kier alpha value is -1.39. The number of carbonyl (C=O) groups is 1. The fourth-order valence-corrected chi connectivity index (χ4v) is 3.34. The van der Waals surface area contributed by atoms with E-state index >= 15 is 0 Å². The van der Waals surface area contributed by atoms with E-state index in [4.69, 9.17) is 4.74 Å². The lowest BCUT2D eigenvalue weighted by molar-refractivity contribution is 0.00191. The highest BCUT2D eigenvalue weighted by atomic mass is 16.5. The first kappa shape index (κ1) is 18.0. The summed E-state index contributed by atoms with van der Waals surface area (Å²) in [6.45, 7) is 10.7. The molecule has 4 nitrogen and oxygen atoms in total. The van der Waals surface area contributed by atoms with Crippen molar-refractivity contribution >= 4 is 5.91 Å². The topological polar surface area (TPSA) is 41.6 Å². The second kappa shape index (κ2) is 9.04. The molecule has 1 saturated heterocycles. The van der Waals surface area contributed by atoms with E-state index < -0.39 is 0 Å². The van der Waals surface area contributed by atoms with Crippen molar-refractivity contribution in [1.82, 2.24) is 10.2 Å². The van der Waals surface area contributed by atoms with Gasteiger partial charge in [-0.15, -0.1) is 0 Å². The lowest BCUT2D eigenvalue weighted by Gasteiger charge is -2.38. The summed E-state index contributed by atoms with van der Waals surface area (Å²) in [5.41, 5.74) is 1.91. The Bertz CT molecular complexity index is 477. The molecule has 1 aromatic rings. The van der Waals surface area contributed by atoms with Gasteiger partial charge < -0.3 is 10.1 Å². The lowest BCUT2D eigenvalue weighted by atomic mass is 9.92. The van der Waals surface area contributed by atoms with Gasteiger partial charge in [0.1, 0.15) is 0 Å². The van der Waals surface area contributed by atoms with Crippen molar-refractivity contribution in [3.63, 3.8) is 0 Å². The number of rotatable bonds is 7. The second-order valence-corrected chi connectivity index (χ2v) is 6.37. The summed E-state index contributed by atoms with van der Waals surface area (Å²) < 4.78 is 5.47. The van der Waals surface area contributed by atoms with Crippen LogP contribution in [-0.2, 0) is 4.74 Å². The third kappa shape index (κ3) is 5.05. The van der Waals surface area contributed by atoms with Gasteiger partial charge in [-0.25, -0.2) is 0 Å². The van der Waals surface area contributed by atoms with E-state index in [1.807, 2.05) is 31.2 Å². The maximum atomic E-state index is 12.4. The van der Waals surface area contributed by atoms with Gasteiger partial charge in [0, 0.05) is 31.2 Å². The Balaban J connectivity index is 1.99. The van der Waals surface area contributed by atoms with Crippen molar-refractivity contribution in [2.45, 2.75) is 39.7 Å². The zero-order valence-corrected chi connectivity index (χ0v) is 14.7. The number of ether oxygens (including phenoxy) is 1. The fourth-order valence-electron chi connectivity index (χ4n) is 3.34. The van der Waals surface area contributed by atoms with Crippen molar-refractivity contribution in [1.29, 1.82) is 0 Å². The van der Waals surface area contributed by atoms with Crippen LogP contribution in [0.15, 0.2) is 24.3 Å². The van der Waals surface area contributed by atoms with Crippen LogP contribution < -0.4 is 5.32 Å². The minimum atomic E-state index is 0.0224. The molecule has 1 aliphatic rings. The highest BCUT2D eigenvalue weighted by molar-refractivity contribution is 5.94. The number of hydrogen-bond acceptors (Lipinski definition) is 3. The smallest absolute Gasteiger partial charge is 0.251 e. The Morgan fingerprint density at radius 3 is 2.35 bits per heavy atom. The fraction of sp³-hybridized carbons (Fsp3) is 0.632. The SMILES string of the molecule is CCC(CC)C(CNC(=O)c1ccc(C)cc1)N1CCOCC1. The van der Waals surface area contributed by atoms with Gasteiger partial charge in [-0.05, 0) is 25.0 Å². The molecular formula is C19H30N2O2. The molecule has 0 bridgehead atoms. The minimum absolute atomic E-state index is 0.0224. The van der Waals surface area contributed by atoms with Gasteiger partial charge in [-0.1, -0.05) is 44.4 Å². The molecule has 1 N–H and O–H groups in total. The van der Waals surface area contributed by atoms with Gasteiger partial charge in [0.2, 0.25) is 0 Å². The molecule has 0 aromatic heterocycles. The molecular weight excluding hydrogens is 288 g/mol. The largest absolute Gasteiger partial charge is 0.379 e. The molecule has 4 heteroatoms. The van der Waals surface area contributed by atoms with Crippen LogP contribution >= 0.6 is 0 Å². The van der Waals surface area contributed by atoms with Gasteiger partial charge in [-0.3, -0.25) is 9.69 Å². The number of amides is 1. The van der Waals surface area contributed by atoms with Crippen LogP contribution in [0.4, 0.5) is 0 Å². The first-order valence-electron chi connectivity index (χ1n) is 8.82. The first-order valence-corrected chi connectivity index (χ1v) is 8.82. The molecule has 1 amide bonds. The molecule has 1 heterocycles. The van der Waals surface area contributed by atoms with Crippen molar-refractivity contribution in [2.75, 3.05) is 32.8 Å². The zero-order valence-electron chi connectivity index (χ0n) is 14.7. The van der Waals surface area contributed by atoms with Gasteiger partial charge in [0.15, 0.2) is 0 Å². The molecule has 0 spiro atoms. The van der Waals surface area contributed by atoms with Crippen LogP contribution in [0.5, 0.6) is 0 Å². The number of hydrogen-bond donors (Lipinski definition) is 1. The highest BCUT2D eigenvalue weighted by Gasteiger charge is 2.27. The van der Waals surface area contributed by atoms with Gasteiger partial charge in [0.25, 0.3) is 5.91 Å². The van der Waals surface area contributed by atoms with Gasteiger partial charge in [0.05, 0.1) is 13.2 Å². The molecule has 0 radical (unpaired) electrons. The number of morpholine rings is 1. The number of aryl methyl sites for hydroxylation is 1. The average Bonchev–Trinajstić information content (AvgIpc) is 2.59. The summed E-state index contributed by atoms with van der Waals surface area (Å²) >= 11 is 0. The lowest BCUT2D eigenvalue weighted by Crippen LogP contribution is -2.52. The van der Waals surface area contributed by atoms with E-state index in [-0.39, 0.29) is 5.91 Å². The molecule has 0 aliphatic carbocycles. The maximum absolute atomic E-state index is 12.4. The summed E-state index contributed by atoms with van der Waals surface area (Å²) in [7, 11) is 0. The molecule has 1 unspecified atom stereocenters. The quantitative estimate of drug-likeness (QED) is 0.840. The first-order chi connectivity index (χ1) is 11.2. The third-order valence-electron chi connectivity index (χ3n) is 4.89. The van der Waals surface area contributed by atoms with Crippen molar-refractivity contribution < 1.29 is 9.53 Å². The molecule has 1 fully saturated rings. The van der Waals surface area contributed by atoms with E-state index in [0.717, 1.165) is 44.7 Å². The van der Waals surface area contributed by atoms with E-state index in [2.05, 4.69) is 24.1 Å². The van der Waals surface area contributed by atoms with E-state index in [1.54, 1.807) is 0 Å². The van der Waals surface area contributed by atoms with Crippen LogP contribution in [0, 0.1) is 12.8 Å². The summed E-state index contributed by atoms with van der Waals surface area (Å²) in [4.78, 5) is 14.9. The summed E-state index contributed by atoms with van der Waals surface area (Å²) in [6, 6.07) is 8.14. The van der Waals surface area contributed by atoms with Crippen molar-refractivity contribution in [3.05, 3.63) is 35.4 Å². The van der Waals surface area contributed by atoms with Crippen LogP contribution in [0.3, 0.4) is 0 Å². The molecule has 1 aliphatic heterocycles. The van der Waals surface area contributed by atoms with Crippen LogP contribution in [0.25, 0.3) is 0 Å². The van der Waals surface area contributed by atoms with Crippen molar-refractivity contribution in [3.8, 4) is 0 Å². The monoisotopic (exact) mass is 318 g/mol. The normalized spacial score (nSPS) is 17.2.